The van der Waals surface area contributed by atoms with Crippen LogP contribution < -0.4 is 14.4 Å². The number of fused-ring (bicyclic) bond motifs is 2. The van der Waals surface area contributed by atoms with E-state index in [-0.39, 0.29) is 23.4 Å². The zero-order chi connectivity index (χ0) is 27.9. The molecule has 2 aromatic heterocycles. The number of aromatic nitrogens is 4. The summed E-state index contributed by atoms with van der Waals surface area (Å²) < 4.78 is 39.6. The van der Waals surface area contributed by atoms with Gasteiger partial charge in [0, 0.05) is 45.0 Å². The summed E-state index contributed by atoms with van der Waals surface area (Å²) in [7, 11) is 4.95. The van der Waals surface area contributed by atoms with Crippen molar-refractivity contribution in [2.75, 3.05) is 52.3 Å². The second kappa shape index (κ2) is 10.7. The first-order valence-corrected chi connectivity index (χ1v) is 13.5. The number of hydrogen-bond donors (Lipinski definition) is 0. The largest absolute Gasteiger partial charge is 0.492 e. The predicted molar refractivity (Wildman–Crippen MR) is 141 cm³/mol. The molecule has 2 saturated heterocycles. The smallest absolute Gasteiger partial charge is 0.318 e. The molecule has 3 aliphatic heterocycles. The molecule has 5 rings (SSSR count). The number of carbonyl (C=O) groups excluding carboxylic acids is 1. The van der Waals surface area contributed by atoms with Gasteiger partial charge in [0.25, 0.3) is 12.0 Å². The van der Waals surface area contributed by atoms with Crippen LogP contribution in [0.4, 0.5) is 14.6 Å². The second-order valence-corrected chi connectivity index (χ2v) is 11.0. The normalized spacial score (nSPS) is 22.7. The molecule has 39 heavy (non-hydrogen) atoms. The van der Waals surface area contributed by atoms with Crippen LogP contribution in [0, 0.1) is 19.8 Å². The van der Waals surface area contributed by atoms with E-state index < -0.39 is 6.08 Å². The van der Waals surface area contributed by atoms with Crippen molar-refractivity contribution >= 4 is 11.7 Å². The SMILES string of the molecule is COc1c(C(=O)N(C)C)nn2c1CN(c1nc(OC[C@]34CCCN3C[C@@H](C=C(F)F)C4)nc(C)c1C)CCC2. The van der Waals surface area contributed by atoms with Gasteiger partial charge >= 0.3 is 6.01 Å². The van der Waals surface area contributed by atoms with E-state index in [1.54, 1.807) is 21.2 Å². The van der Waals surface area contributed by atoms with Crippen molar-refractivity contribution in [1.82, 2.24) is 29.5 Å². The number of aryl methyl sites for hydroxylation is 2. The van der Waals surface area contributed by atoms with E-state index in [0.29, 0.717) is 44.1 Å². The molecule has 3 aliphatic rings. The van der Waals surface area contributed by atoms with Gasteiger partial charge in [-0.1, -0.05) is 0 Å². The summed E-state index contributed by atoms with van der Waals surface area (Å²) in [5, 5.41) is 4.58. The number of amides is 1. The Labute approximate surface area is 227 Å². The number of rotatable bonds is 7. The zero-order valence-electron chi connectivity index (χ0n) is 23.3. The Kier molecular flexibility index (Phi) is 7.49. The molecular weight excluding hydrogens is 508 g/mol. The lowest BCUT2D eigenvalue weighted by Gasteiger charge is -2.31. The molecule has 12 heteroatoms. The predicted octanol–water partition coefficient (Wildman–Crippen LogP) is 3.42. The molecule has 0 saturated carbocycles. The molecule has 2 aromatic rings. The summed E-state index contributed by atoms with van der Waals surface area (Å²) >= 11 is 0. The number of halogens is 2. The fourth-order valence-electron chi connectivity index (χ4n) is 6.26. The first-order chi connectivity index (χ1) is 18.6. The lowest BCUT2D eigenvalue weighted by Crippen LogP contribution is -2.43. The van der Waals surface area contributed by atoms with E-state index in [1.807, 2.05) is 18.5 Å². The molecule has 0 spiro atoms. The Morgan fingerprint density at radius 2 is 1.97 bits per heavy atom. The van der Waals surface area contributed by atoms with Gasteiger partial charge in [0.1, 0.15) is 18.1 Å². The number of ether oxygens (including phenoxy) is 2. The van der Waals surface area contributed by atoms with Crippen molar-refractivity contribution in [3.8, 4) is 11.8 Å². The highest BCUT2D eigenvalue weighted by Crippen LogP contribution is 2.43. The maximum atomic E-state index is 12.9. The van der Waals surface area contributed by atoms with Gasteiger partial charge in [-0.3, -0.25) is 14.4 Å². The quantitative estimate of drug-likeness (QED) is 0.523. The van der Waals surface area contributed by atoms with Crippen LogP contribution in [0.25, 0.3) is 0 Å². The third kappa shape index (κ3) is 5.18. The summed E-state index contributed by atoms with van der Waals surface area (Å²) in [6.45, 7) is 7.67. The van der Waals surface area contributed by atoms with Crippen LogP contribution in [0.15, 0.2) is 12.2 Å². The van der Waals surface area contributed by atoms with Crippen LogP contribution in [0.5, 0.6) is 11.8 Å². The minimum atomic E-state index is -1.62. The minimum absolute atomic E-state index is 0.170. The van der Waals surface area contributed by atoms with Crippen LogP contribution in [0.1, 0.15) is 53.1 Å². The van der Waals surface area contributed by atoms with E-state index in [2.05, 4.69) is 19.9 Å². The second-order valence-electron chi connectivity index (χ2n) is 11.0. The standard InChI is InChI=1S/C27H37F2N7O3/c1-17-18(2)30-26(39-16-27-8-6-10-35(27)14-19(13-27)12-21(28)29)31-24(17)34-9-7-11-36-20(15-34)23(38-5)22(32-36)25(37)33(3)4/h12,19H,6-11,13-16H2,1-5H3/t19-,27+/m0/s1. The summed E-state index contributed by atoms with van der Waals surface area (Å²) in [4.78, 5) is 28.1. The molecule has 2 atom stereocenters. The molecular formula is C27H37F2N7O3. The highest BCUT2D eigenvalue weighted by Gasteiger charge is 2.48. The number of nitrogens with zero attached hydrogens (tertiary/aromatic N) is 7. The summed E-state index contributed by atoms with van der Waals surface area (Å²) in [6, 6.07) is 0.290. The average Bonchev–Trinajstić information content (AvgIpc) is 3.48. The fraction of sp³-hybridized carbons (Fsp3) is 0.630. The van der Waals surface area contributed by atoms with Crippen molar-refractivity contribution in [2.45, 2.75) is 58.2 Å². The molecule has 10 nitrogen and oxygen atoms in total. The lowest BCUT2D eigenvalue weighted by atomic mass is 9.91. The third-order valence-electron chi connectivity index (χ3n) is 8.27. The summed E-state index contributed by atoms with van der Waals surface area (Å²) in [5.41, 5.74) is 2.62. The van der Waals surface area contributed by atoms with Crippen LogP contribution in [0.2, 0.25) is 0 Å². The number of methoxy groups -OCH3 is 1. The fourth-order valence-corrected chi connectivity index (χ4v) is 6.26. The molecule has 0 radical (unpaired) electrons. The van der Waals surface area contributed by atoms with Gasteiger partial charge in [-0.2, -0.15) is 18.9 Å². The highest BCUT2D eigenvalue weighted by atomic mass is 19.3. The van der Waals surface area contributed by atoms with E-state index in [4.69, 9.17) is 14.5 Å². The number of hydrogen-bond acceptors (Lipinski definition) is 8. The van der Waals surface area contributed by atoms with E-state index in [9.17, 15) is 13.6 Å². The van der Waals surface area contributed by atoms with Crippen LogP contribution in [-0.4, -0.2) is 88.4 Å². The van der Waals surface area contributed by atoms with Gasteiger partial charge in [0.05, 0.1) is 19.2 Å². The van der Waals surface area contributed by atoms with Crippen LogP contribution in [0.3, 0.4) is 0 Å². The Morgan fingerprint density at radius 3 is 2.69 bits per heavy atom. The molecule has 212 valence electrons. The van der Waals surface area contributed by atoms with E-state index >= 15 is 0 Å². The van der Waals surface area contributed by atoms with Crippen LogP contribution in [-0.2, 0) is 13.1 Å². The maximum absolute atomic E-state index is 12.9. The first kappa shape index (κ1) is 27.3. The van der Waals surface area contributed by atoms with Gasteiger partial charge in [-0.05, 0) is 58.1 Å². The Morgan fingerprint density at radius 1 is 1.18 bits per heavy atom. The molecule has 2 fully saturated rings. The highest BCUT2D eigenvalue weighted by molar-refractivity contribution is 5.95. The first-order valence-electron chi connectivity index (χ1n) is 13.5. The summed E-state index contributed by atoms with van der Waals surface area (Å²) in [6.07, 6.45) is 2.86. The number of anilines is 1. The van der Waals surface area contributed by atoms with Crippen LogP contribution >= 0.6 is 0 Å². The minimum Gasteiger partial charge on any atom is -0.492 e. The third-order valence-corrected chi connectivity index (χ3v) is 8.27. The van der Waals surface area contributed by atoms with Crippen molar-refractivity contribution < 1.29 is 23.0 Å². The van der Waals surface area contributed by atoms with Gasteiger partial charge in [-0.25, -0.2) is 4.98 Å². The molecule has 0 unspecified atom stereocenters. The molecule has 0 aromatic carbocycles. The Hall–Kier alpha value is -3.28. The maximum Gasteiger partial charge on any atom is 0.318 e. The van der Waals surface area contributed by atoms with Gasteiger partial charge in [-0.15, -0.1) is 0 Å². The van der Waals surface area contributed by atoms with Crippen molar-refractivity contribution in [3.63, 3.8) is 0 Å². The molecule has 0 N–H and O–H groups in total. The van der Waals surface area contributed by atoms with E-state index in [0.717, 1.165) is 61.2 Å². The molecule has 5 heterocycles. The monoisotopic (exact) mass is 545 g/mol. The van der Waals surface area contributed by atoms with Crippen molar-refractivity contribution in [1.29, 1.82) is 0 Å². The van der Waals surface area contributed by atoms with Crippen molar-refractivity contribution in [3.05, 3.63) is 34.8 Å². The Bertz CT molecular complexity index is 1280. The number of carbonyl (C=O) groups is 1. The van der Waals surface area contributed by atoms with Gasteiger partial charge in [0.2, 0.25) is 0 Å². The molecule has 1 amide bonds. The molecule has 0 bridgehead atoms. The summed E-state index contributed by atoms with van der Waals surface area (Å²) in [5.74, 6) is 0.872. The van der Waals surface area contributed by atoms with Gasteiger partial charge < -0.3 is 19.3 Å². The topological polar surface area (TPSA) is 88.8 Å². The van der Waals surface area contributed by atoms with Gasteiger partial charge in [0.15, 0.2) is 11.4 Å². The van der Waals surface area contributed by atoms with E-state index in [1.165, 1.54) is 4.90 Å². The molecule has 0 aliphatic carbocycles. The zero-order valence-corrected chi connectivity index (χ0v) is 23.3. The lowest BCUT2D eigenvalue weighted by molar-refractivity contribution is 0.0817. The van der Waals surface area contributed by atoms with Crippen molar-refractivity contribution in [2.24, 2.45) is 5.92 Å². The average molecular weight is 546 g/mol. The Balaban J connectivity index is 1.39.